The molecule has 0 radical (unpaired) electrons. The smallest absolute Gasteiger partial charge is 0.227 e. The molecule has 1 aliphatic rings. The van der Waals surface area contributed by atoms with Crippen LogP contribution in [-0.4, -0.2) is 33.7 Å². The number of carbonyl (C=O) groups excluding carboxylic acids is 1. The van der Waals surface area contributed by atoms with Crippen LogP contribution < -0.4 is 4.74 Å². The maximum atomic E-state index is 13.3. The van der Waals surface area contributed by atoms with E-state index in [2.05, 4.69) is 17.2 Å². The number of halogens is 1. The van der Waals surface area contributed by atoms with Crippen LogP contribution in [0.2, 0.25) is 0 Å². The third kappa shape index (κ3) is 4.33. The fourth-order valence-electron chi connectivity index (χ4n) is 4.38. The Morgan fingerprint density at radius 3 is 2.52 bits per heavy atom. The molecule has 1 fully saturated rings. The second-order valence-corrected chi connectivity index (χ2v) is 7.96. The molecule has 31 heavy (non-hydrogen) atoms. The molecule has 1 unspecified atom stereocenters. The van der Waals surface area contributed by atoms with Crippen molar-refractivity contribution < 1.29 is 13.9 Å². The molecule has 0 N–H and O–H groups in total. The summed E-state index contributed by atoms with van der Waals surface area (Å²) in [6.45, 7) is 7.25. The largest absolute Gasteiger partial charge is 0.494 e. The van der Waals surface area contributed by atoms with Crippen molar-refractivity contribution in [3.8, 4) is 11.4 Å². The number of amides is 1. The van der Waals surface area contributed by atoms with Crippen LogP contribution in [0.5, 0.6) is 5.75 Å². The molecule has 1 atom stereocenters. The van der Waals surface area contributed by atoms with Gasteiger partial charge in [-0.15, -0.1) is 0 Å². The molecule has 1 amide bonds. The highest BCUT2D eigenvalue weighted by atomic mass is 19.1. The average Bonchev–Trinajstić information content (AvgIpc) is 3.36. The lowest BCUT2D eigenvalue weighted by atomic mass is 10.0. The van der Waals surface area contributed by atoms with Gasteiger partial charge in [0.15, 0.2) is 0 Å². The number of ether oxygens (including phenoxy) is 1. The monoisotopic (exact) mass is 421 g/mol. The van der Waals surface area contributed by atoms with E-state index in [9.17, 15) is 9.18 Å². The summed E-state index contributed by atoms with van der Waals surface area (Å²) < 4.78 is 20.6. The van der Waals surface area contributed by atoms with E-state index >= 15 is 0 Å². The van der Waals surface area contributed by atoms with Crippen molar-refractivity contribution in [2.24, 2.45) is 0 Å². The van der Waals surface area contributed by atoms with E-state index < -0.39 is 0 Å². The molecule has 6 heteroatoms. The minimum Gasteiger partial charge on any atom is -0.494 e. The Morgan fingerprint density at radius 1 is 1.13 bits per heavy atom. The van der Waals surface area contributed by atoms with E-state index in [1.54, 1.807) is 16.8 Å². The Balaban J connectivity index is 1.53. The van der Waals surface area contributed by atoms with E-state index in [0.717, 1.165) is 53.3 Å². The lowest BCUT2D eigenvalue weighted by molar-refractivity contribution is -0.131. The van der Waals surface area contributed by atoms with Crippen molar-refractivity contribution in [3.63, 3.8) is 0 Å². The number of aromatic nitrogens is 2. The highest BCUT2D eigenvalue weighted by Gasteiger charge is 2.31. The second-order valence-electron chi connectivity index (χ2n) is 7.96. The Bertz CT molecular complexity index is 1060. The van der Waals surface area contributed by atoms with Gasteiger partial charge in [0.05, 0.1) is 30.5 Å². The molecule has 0 spiro atoms. The summed E-state index contributed by atoms with van der Waals surface area (Å²) in [5.41, 5.74) is 4.60. The zero-order valence-electron chi connectivity index (χ0n) is 18.3. The predicted molar refractivity (Wildman–Crippen MR) is 118 cm³/mol. The van der Waals surface area contributed by atoms with Crippen LogP contribution in [0.25, 0.3) is 5.69 Å². The van der Waals surface area contributed by atoms with Crippen LogP contribution >= 0.6 is 0 Å². The Morgan fingerprint density at radius 2 is 1.84 bits per heavy atom. The maximum Gasteiger partial charge on any atom is 0.227 e. The molecule has 0 aliphatic carbocycles. The lowest BCUT2D eigenvalue weighted by Crippen LogP contribution is -2.32. The van der Waals surface area contributed by atoms with Crippen molar-refractivity contribution in [3.05, 3.63) is 76.9 Å². The minimum atomic E-state index is -0.282. The quantitative estimate of drug-likeness (QED) is 0.567. The minimum absolute atomic E-state index is 0.0935. The van der Waals surface area contributed by atoms with Gasteiger partial charge in [-0.3, -0.25) is 4.79 Å². The molecule has 1 saturated heterocycles. The Hall–Kier alpha value is -3.15. The third-order valence-electron chi connectivity index (χ3n) is 5.99. The number of carbonyl (C=O) groups is 1. The van der Waals surface area contributed by atoms with Gasteiger partial charge in [0, 0.05) is 17.8 Å². The first-order valence-corrected chi connectivity index (χ1v) is 10.8. The lowest BCUT2D eigenvalue weighted by Gasteiger charge is -2.25. The van der Waals surface area contributed by atoms with Gasteiger partial charge in [0.1, 0.15) is 11.6 Å². The molecule has 1 aliphatic heterocycles. The highest BCUT2D eigenvalue weighted by Crippen LogP contribution is 2.33. The molecule has 5 nitrogen and oxygen atoms in total. The normalized spacial score (nSPS) is 16.0. The number of rotatable bonds is 6. The van der Waals surface area contributed by atoms with Crippen molar-refractivity contribution in [1.82, 2.24) is 14.7 Å². The summed E-state index contributed by atoms with van der Waals surface area (Å²) in [7, 11) is 0. The number of aryl methyl sites for hydroxylation is 1. The molecule has 0 saturated carbocycles. The molecule has 2 heterocycles. The van der Waals surface area contributed by atoms with Crippen LogP contribution in [0.1, 0.15) is 48.3 Å². The Labute approximate surface area is 182 Å². The van der Waals surface area contributed by atoms with Gasteiger partial charge in [-0.25, -0.2) is 9.07 Å². The number of nitrogens with zero attached hydrogens (tertiary/aromatic N) is 3. The zero-order valence-corrected chi connectivity index (χ0v) is 18.3. The zero-order chi connectivity index (χ0) is 22.0. The van der Waals surface area contributed by atoms with Gasteiger partial charge in [-0.05, 0) is 75.6 Å². The van der Waals surface area contributed by atoms with Crippen LogP contribution in [0.3, 0.4) is 0 Å². The maximum absolute atomic E-state index is 13.3. The third-order valence-corrected chi connectivity index (χ3v) is 5.99. The van der Waals surface area contributed by atoms with Crippen LogP contribution in [0.4, 0.5) is 4.39 Å². The van der Waals surface area contributed by atoms with Gasteiger partial charge in [0.2, 0.25) is 5.91 Å². The number of hydrogen-bond acceptors (Lipinski definition) is 3. The number of hydrogen-bond donors (Lipinski definition) is 0. The first-order chi connectivity index (χ1) is 15.0. The van der Waals surface area contributed by atoms with Gasteiger partial charge in [-0.1, -0.05) is 12.1 Å². The van der Waals surface area contributed by atoms with Crippen molar-refractivity contribution in [2.45, 2.75) is 46.1 Å². The summed E-state index contributed by atoms with van der Waals surface area (Å²) in [6, 6.07) is 14.4. The van der Waals surface area contributed by atoms with E-state index in [-0.39, 0.29) is 17.8 Å². The number of likely N-dealkylation sites (tertiary alicyclic amines) is 1. The Kier molecular flexibility index (Phi) is 6.07. The summed E-state index contributed by atoms with van der Waals surface area (Å²) in [6.07, 6.45) is 2.27. The topological polar surface area (TPSA) is 47.4 Å². The fraction of sp³-hybridized carbons (Fsp3) is 0.360. The van der Waals surface area contributed by atoms with Crippen LogP contribution in [-0.2, 0) is 11.2 Å². The standard InChI is InChI=1S/C25H28FN3O2/c1-4-31-22-13-7-19(8-14-22)24-6-5-15-28(24)25(30)16-23-17(2)27-29(18(23)3)21-11-9-20(26)10-12-21/h7-14,24H,4-6,15-16H2,1-3H3. The molecule has 2 aromatic carbocycles. The molecule has 4 rings (SSSR count). The SMILES string of the molecule is CCOc1ccc(C2CCCN2C(=O)Cc2c(C)nn(-c3ccc(F)cc3)c2C)cc1. The molecular weight excluding hydrogens is 393 g/mol. The van der Waals surface area contributed by atoms with E-state index in [4.69, 9.17) is 4.74 Å². The van der Waals surface area contributed by atoms with E-state index in [1.807, 2.05) is 37.8 Å². The fourth-order valence-corrected chi connectivity index (χ4v) is 4.38. The first kappa shape index (κ1) is 21.1. The molecule has 162 valence electrons. The summed E-state index contributed by atoms with van der Waals surface area (Å²) in [5, 5.41) is 4.60. The summed E-state index contributed by atoms with van der Waals surface area (Å²) >= 11 is 0. The van der Waals surface area contributed by atoms with Gasteiger partial charge in [-0.2, -0.15) is 5.10 Å². The molecular formula is C25H28FN3O2. The van der Waals surface area contributed by atoms with Crippen molar-refractivity contribution in [2.75, 3.05) is 13.2 Å². The highest BCUT2D eigenvalue weighted by molar-refractivity contribution is 5.80. The second kappa shape index (κ2) is 8.92. The van der Waals surface area contributed by atoms with Gasteiger partial charge < -0.3 is 9.64 Å². The van der Waals surface area contributed by atoms with Crippen molar-refractivity contribution >= 4 is 5.91 Å². The number of benzene rings is 2. The molecule has 1 aromatic heterocycles. The van der Waals surface area contributed by atoms with Crippen LogP contribution in [0.15, 0.2) is 48.5 Å². The van der Waals surface area contributed by atoms with Crippen molar-refractivity contribution in [1.29, 1.82) is 0 Å². The summed E-state index contributed by atoms with van der Waals surface area (Å²) in [4.78, 5) is 15.3. The molecule has 0 bridgehead atoms. The van der Waals surface area contributed by atoms with Gasteiger partial charge >= 0.3 is 0 Å². The molecule has 3 aromatic rings. The first-order valence-electron chi connectivity index (χ1n) is 10.8. The summed E-state index contributed by atoms with van der Waals surface area (Å²) in [5.74, 6) is 0.679. The van der Waals surface area contributed by atoms with Gasteiger partial charge in [0.25, 0.3) is 0 Å². The van der Waals surface area contributed by atoms with Crippen LogP contribution in [0, 0.1) is 19.7 Å². The van der Waals surface area contributed by atoms with E-state index in [0.29, 0.717) is 13.0 Å². The van der Waals surface area contributed by atoms with E-state index in [1.165, 1.54) is 12.1 Å². The average molecular weight is 422 g/mol. The predicted octanol–water partition coefficient (Wildman–Crippen LogP) is 4.93.